The summed E-state index contributed by atoms with van der Waals surface area (Å²) in [5.41, 5.74) is 2.34. The van der Waals surface area contributed by atoms with E-state index in [0.29, 0.717) is 12.3 Å². The molecular formula is C35H44N4O8. The fraction of sp³-hybridized carbons (Fsp3) is 0.514. The number of fused-ring (bicyclic) bond motifs is 3. The monoisotopic (exact) mass is 648 g/mol. The summed E-state index contributed by atoms with van der Waals surface area (Å²) in [6.45, 7) is 5.31. The number of hydrogen-bond donors (Lipinski definition) is 3. The SMILES string of the molecule is COC(=O)C1(NC(=O)OC(C)(C)C)CCN(C(=O)CNC(=O)C(CC2CC2)NC(=O)OCC2c3ccccc3-c3ccccc32)CC1. The molecule has 1 atom stereocenters. The first-order chi connectivity index (χ1) is 22.4. The van der Waals surface area contributed by atoms with Crippen LogP contribution in [0, 0.1) is 5.92 Å². The highest BCUT2D eigenvalue weighted by atomic mass is 16.6. The molecule has 2 aliphatic carbocycles. The zero-order chi connectivity index (χ0) is 33.8. The van der Waals surface area contributed by atoms with Crippen molar-refractivity contribution in [2.24, 2.45) is 5.92 Å². The van der Waals surface area contributed by atoms with Crippen molar-refractivity contribution in [2.75, 3.05) is 33.4 Å². The number of alkyl carbamates (subject to hydrolysis) is 2. The molecule has 1 saturated heterocycles. The van der Waals surface area contributed by atoms with Crippen molar-refractivity contribution in [2.45, 2.75) is 76.0 Å². The van der Waals surface area contributed by atoms with Crippen LogP contribution in [0.1, 0.15) is 69.9 Å². The molecule has 47 heavy (non-hydrogen) atoms. The van der Waals surface area contributed by atoms with Crippen LogP contribution in [0.15, 0.2) is 48.5 Å². The maximum Gasteiger partial charge on any atom is 0.408 e. The molecular weight excluding hydrogens is 604 g/mol. The molecule has 2 aromatic carbocycles. The Morgan fingerprint density at radius 3 is 2.06 bits per heavy atom. The van der Waals surface area contributed by atoms with Crippen LogP contribution < -0.4 is 16.0 Å². The molecule has 5 rings (SSSR count). The molecule has 2 fully saturated rings. The summed E-state index contributed by atoms with van der Waals surface area (Å²) < 4.78 is 15.9. The zero-order valence-corrected chi connectivity index (χ0v) is 27.4. The van der Waals surface area contributed by atoms with E-state index in [1.165, 1.54) is 12.0 Å². The number of piperidine rings is 1. The maximum atomic E-state index is 13.2. The van der Waals surface area contributed by atoms with E-state index in [9.17, 15) is 24.0 Å². The van der Waals surface area contributed by atoms with E-state index in [1.54, 1.807) is 20.8 Å². The molecule has 1 aliphatic heterocycles. The van der Waals surface area contributed by atoms with Crippen LogP contribution in [0.25, 0.3) is 11.1 Å². The van der Waals surface area contributed by atoms with Gasteiger partial charge >= 0.3 is 18.2 Å². The van der Waals surface area contributed by atoms with E-state index >= 15 is 0 Å². The molecule has 12 nitrogen and oxygen atoms in total. The third kappa shape index (κ3) is 8.22. The number of amides is 4. The van der Waals surface area contributed by atoms with Gasteiger partial charge in [0.1, 0.15) is 23.8 Å². The second kappa shape index (κ2) is 14.0. The standard InChI is InChI=1S/C35H44N4O8/c1-34(2,3)47-33(44)38-35(31(42)45-4)15-17-39(18-16-35)29(40)20-36-30(41)28(19-22-13-14-22)37-32(43)46-21-27-25-11-7-5-9-23(25)24-10-6-8-12-26(24)27/h5-12,22,27-28H,13-21H2,1-4H3,(H,36,41)(H,37,43)(H,38,44). The summed E-state index contributed by atoms with van der Waals surface area (Å²) in [7, 11) is 1.24. The molecule has 2 aromatic rings. The molecule has 1 heterocycles. The number of carbonyl (C=O) groups excluding carboxylic acids is 5. The number of nitrogens with zero attached hydrogens (tertiary/aromatic N) is 1. The third-order valence-electron chi connectivity index (χ3n) is 8.92. The molecule has 1 unspecified atom stereocenters. The van der Waals surface area contributed by atoms with Crippen LogP contribution in [0.2, 0.25) is 0 Å². The minimum atomic E-state index is -1.33. The third-order valence-corrected chi connectivity index (χ3v) is 8.92. The van der Waals surface area contributed by atoms with Gasteiger partial charge in [-0.25, -0.2) is 14.4 Å². The smallest absolute Gasteiger partial charge is 0.408 e. The predicted octanol–water partition coefficient (Wildman–Crippen LogP) is 3.87. The van der Waals surface area contributed by atoms with Crippen molar-refractivity contribution in [3.05, 3.63) is 59.7 Å². The van der Waals surface area contributed by atoms with Crippen LogP contribution >= 0.6 is 0 Å². The van der Waals surface area contributed by atoms with Crippen molar-refractivity contribution >= 4 is 30.0 Å². The number of hydrogen-bond acceptors (Lipinski definition) is 8. The average molecular weight is 649 g/mol. The molecule has 4 amide bonds. The molecule has 3 N–H and O–H groups in total. The highest BCUT2D eigenvalue weighted by Crippen LogP contribution is 2.44. The lowest BCUT2D eigenvalue weighted by Gasteiger charge is -2.40. The summed E-state index contributed by atoms with van der Waals surface area (Å²) in [5.74, 6) is -1.22. The summed E-state index contributed by atoms with van der Waals surface area (Å²) >= 11 is 0. The summed E-state index contributed by atoms with van der Waals surface area (Å²) in [6, 6.07) is 15.3. The van der Waals surface area contributed by atoms with Crippen LogP contribution in [0.3, 0.4) is 0 Å². The Morgan fingerprint density at radius 2 is 1.51 bits per heavy atom. The normalized spacial score (nSPS) is 17.4. The van der Waals surface area contributed by atoms with E-state index in [2.05, 4.69) is 28.1 Å². The van der Waals surface area contributed by atoms with Gasteiger partial charge in [0.15, 0.2) is 0 Å². The number of ether oxygens (including phenoxy) is 3. The topological polar surface area (TPSA) is 152 Å². The Hall–Kier alpha value is -4.61. The lowest BCUT2D eigenvalue weighted by molar-refractivity contribution is -0.152. The van der Waals surface area contributed by atoms with Crippen molar-refractivity contribution in [3.8, 4) is 11.1 Å². The number of carbonyl (C=O) groups is 5. The van der Waals surface area contributed by atoms with Gasteiger partial charge in [-0.2, -0.15) is 0 Å². The molecule has 0 radical (unpaired) electrons. The van der Waals surface area contributed by atoms with Crippen LogP contribution in [0.5, 0.6) is 0 Å². The Morgan fingerprint density at radius 1 is 0.915 bits per heavy atom. The van der Waals surface area contributed by atoms with E-state index in [0.717, 1.165) is 35.1 Å². The largest absolute Gasteiger partial charge is 0.467 e. The maximum absolute atomic E-state index is 13.2. The Kier molecular flexibility index (Phi) is 10.1. The first-order valence-corrected chi connectivity index (χ1v) is 16.2. The number of rotatable bonds is 10. The minimum Gasteiger partial charge on any atom is -0.467 e. The van der Waals surface area contributed by atoms with Crippen LogP contribution in [-0.2, 0) is 28.6 Å². The molecule has 0 aromatic heterocycles. The van der Waals surface area contributed by atoms with Gasteiger partial charge < -0.3 is 35.1 Å². The summed E-state index contributed by atoms with van der Waals surface area (Å²) in [5, 5.41) is 8.05. The molecule has 3 aliphatic rings. The minimum absolute atomic E-state index is 0.108. The van der Waals surface area contributed by atoms with Gasteiger partial charge in [0.2, 0.25) is 11.8 Å². The van der Waals surface area contributed by atoms with Gasteiger partial charge in [0.25, 0.3) is 0 Å². The average Bonchev–Trinajstić information content (AvgIpc) is 3.81. The molecule has 252 valence electrons. The predicted molar refractivity (Wildman–Crippen MR) is 172 cm³/mol. The van der Waals surface area contributed by atoms with Gasteiger partial charge in [-0.05, 0) is 68.2 Å². The van der Waals surface area contributed by atoms with Crippen molar-refractivity contribution in [1.29, 1.82) is 0 Å². The Bertz CT molecular complexity index is 1460. The first-order valence-electron chi connectivity index (χ1n) is 16.2. The number of benzene rings is 2. The number of likely N-dealkylation sites (tertiary alicyclic amines) is 1. The fourth-order valence-electron chi connectivity index (χ4n) is 6.31. The van der Waals surface area contributed by atoms with E-state index < -0.39 is 41.2 Å². The summed E-state index contributed by atoms with van der Waals surface area (Å²) in [6.07, 6.45) is 1.20. The molecule has 0 bridgehead atoms. The van der Waals surface area contributed by atoms with Gasteiger partial charge in [-0.1, -0.05) is 61.4 Å². The number of nitrogens with one attached hydrogen (secondary N) is 3. The van der Waals surface area contributed by atoms with Crippen molar-refractivity contribution in [1.82, 2.24) is 20.9 Å². The van der Waals surface area contributed by atoms with E-state index in [-0.39, 0.29) is 50.9 Å². The second-order valence-corrected chi connectivity index (χ2v) is 13.5. The molecule has 1 saturated carbocycles. The van der Waals surface area contributed by atoms with Crippen LogP contribution in [-0.4, -0.2) is 85.4 Å². The lowest BCUT2D eigenvalue weighted by Crippen LogP contribution is -2.62. The highest BCUT2D eigenvalue weighted by molar-refractivity contribution is 5.90. The van der Waals surface area contributed by atoms with E-state index in [4.69, 9.17) is 14.2 Å². The molecule has 12 heteroatoms. The lowest BCUT2D eigenvalue weighted by atomic mass is 9.87. The van der Waals surface area contributed by atoms with Gasteiger partial charge in [0, 0.05) is 19.0 Å². The second-order valence-electron chi connectivity index (χ2n) is 13.5. The number of methoxy groups -OCH3 is 1. The fourth-order valence-corrected chi connectivity index (χ4v) is 6.31. The Labute approximate surface area is 274 Å². The Balaban J connectivity index is 1.13. The number of esters is 1. The van der Waals surface area contributed by atoms with Crippen molar-refractivity contribution in [3.63, 3.8) is 0 Å². The van der Waals surface area contributed by atoms with Crippen molar-refractivity contribution < 1.29 is 38.2 Å². The quantitative estimate of drug-likeness (QED) is 0.260. The summed E-state index contributed by atoms with van der Waals surface area (Å²) in [4.78, 5) is 65.9. The van der Waals surface area contributed by atoms with Crippen LogP contribution in [0.4, 0.5) is 9.59 Å². The van der Waals surface area contributed by atoms with Gasteiger partial charge in [-0.15, -0.1) is 0 Å². The highest BCUT2D eigenvalue weighted by Gasteiger charge is 2.45. The van der Waals surface area contributed by atoms with Gasteiger partial charge in [0.05, 0.1) is 13.7 Å². The zero-order valence-electron chi connectivity index (χ0n) is 27.4. The van der Waals surface area contributed by atoms with E-state index in [1.807, 2.05) is 36.4 Å². The molecule has 0 spiro atoms. The first kappa shape index (κ1) is 33.7. The van der Waals surface area contributed by atoms with Gasteiger partial charge in [-0.3, -0.25) is 9.59 Å².